The van der Waals surface area contributed by atoms with Crippen LogP contribution in [0.2, 0.25) is 0 Å². The Morgan fingerprint density at radius 1 is 1.21 bits per heavy atom. The van der Waals surface area contributed by atoms with Crippen LogP contribution in [-0.2, 0) is 4.79 Å². The number of amides is 2. The second-order valence-corrected chi connectivity index (χ2v) is 7.42. The summed E-state index contributed by atoms with van der Waals surface area (Å²) in [5.41, 5.74) is 0.570. The van der Waals surface area contributed by atoms with Crippen LogP contribution in [0.3, 0.4) is 0 Å². The van der Waals surface area contributed by atoms with E-state index in [4.69, 9.17) is 9.47 Å². The second-order valence-electron chi connectivity index (χ2n) is 7.42. The first-order valence-corrected chi connectivity index (χ1v) is 10.0. The Balaban J connectivity index is 0.00000420. The standard InChI is InChI=1S/C21H33N3O4.ClH/c1-5-22-13-16-8-10-24(11-9-16)21(26)17-6-7-18(19(12-17)27-4)28-14-20(25)23-15(2)3;/h6-7,12,15-16,22H,5,8-11,13-14H2,1-4H3,(H,23,25);1H. The molecule has 1 aliphatic rings. The summed E-state index contributed by atoms with van der Waals surface area (Å²) >= 11 is 0. The Morgan fingerprint density at radius 2 is 1.90 bits per heavy atom. The van der Waals surface area contributed by atoms with Crippen LogP contribution in [0.25, 0.3) is 0 Å². The van der Waals surface area contributed by atoms with Crippen molar-refractivity contribution in [1.29, 1.82) is 0 Å². The molecule has 2 rings (SSSR count). The molecule has 0 bridgehead atoms. The van der Waals surface area contributed by atoms with E-state index >= 15 is 0 Å². The van der Waals surface area contributed by atoms with Gasteiger partial charge in [0.15, 0.2) is 18.1 Å². The summed E-state index contributed by atoms with van der Waals surface area (Å²) in [7, 11) is 1.52. The van der Waals surface area contributed by atoms with Crippen molar-refractivity contribution in [2.24, 2.45) is 5.92 Å². The highest BCUT2D eigenvalue weighted by Gasteiger charge is 2.24. The molecule has 0 saturated carbocycles. The van der Waals surface area contributed by atoms with Gasteiger partial charge in [-0.3, -0.25) is 9.59 Å². The van der Waals surface area contributed by atoms with Gasteiger partial charge in [-0.1, -0.05) is 6.92 Å². The van der Waals surface area contributed by atoms with E-state index in [1.54, 1.807) is 18.2 Å². The minimum Gasteiger partial charge on any atom is -0.493 e. The molecular weight excluding hydrogens is 394 g/mol. The van der Waals surface area contributed by atoms with Crippen LogP contribution in [0, 0.1) is 5.92 Å². The first-order chi connectivity index (χ1) is 13.4. The fourth-order valence-corrected chi connectivity index (χ4v) is 3.30. The molecule has 0 unspecified atom stereocenters. The van der Waals surface area contributed by atoms with Crippen molar-refractivity contribution < 1.29 is 19.1 Å². The molecule has 2 amide bonds. The van der Waals surface area contributed by atoms with Gasteiger partial charge in [-0.15, -0.1) is 12.4 Å². The van der Waals surface area contributed by atoms with Crippen molar-refractivity contribution in [2.45, 2.75) is 39.7 Å². The number of hydrogen-bond acceptors (Lipinski definition) is 5. The molecule has 0 aliphatic carbocycles. The van der Waals surface area contributed by atoms with Crippen LogP contribution in [0.1, 0.15) is 44.0 Å². The molecule has 0 atom stereocenters. The van der Waals surface area contributed by atoms with Gasteiger partial charge >= 0.3 is 0 Å². The average molecular weight is 428 g/mol. The summed E-state index contributed by atoms with van der Waals surface area (Å²) in [6.45, 7) is 9.33. The Bertz CT molecular complexity index is 661. The number of nitrogens with zero attached hydrogens (tertiary/aromatic N) is 1. The highest BCUT2D eigenvalue weighted by molar-refractivity contribution is 5.95. The molecule has 29 heavy (non-hydrogen) atoms. The number of likely N-dealkylation sites (tertiary alicyclic amines) is 1. The largest absolute Gasteiger partial charge is 0.493 e. The topological polar surface area (TPSA) is 79.9 Å². The van der Waals surface area contributed by atoms with Gasteiger partial charge in [-0.25, -0.2) is 0 Å². The maximum Gasteiger partial charge on any atom is 0.258 e. The maximum absolute atomic E-state index is 12.8. The Labute approximate surface area is 179 Å². The summed E-state index contributed by atoms with van der Waals surface area (Å²) in [5, 5.41) is 6.15. The number of hydrogen-bond donors (Lipinski definition) is 2. The van der Waals surface area contributed by atoms with Crippen LogP contribution < -0.4 is 20.1 Å². The van der Waals surface area contributed by atoms with E-state index in [1.807, 2.05) is 18.7 Å². The molecule has 1 aromatic rings. The molecule has 0 radical (unpaired) electrons. The average Bonchev–Trinajstić information content (AvgIpc) is 2.70. The van der Waals surface area contributed by atoms with Crippen LogP contribution in [0.5, 0.6) is 11.5 Å². The minimum absolute atomic E-state index is 0. The molecule has 1 aromatic carbocycles. The summed E-state index contributed by atoms with van der Waals surface area (Å²) in [6.07, 6.45) is 2.03. The molecule has 1 heterocycles. The zero-order valence-corrected chi connectivity index (χ0v) is 18.6. The number of benzene rings is 1. The predicted octanol–water partition coefficient (Wildman–Crippen LogP) is 2.48. The lowest BCUT2D eigenvalue weighted by atomic mass is 9.96. The number of piperidine rings is 1. The number of carbonyl (C=O) groups is 2. The van der Waals surface area contributed by atoms with Crippen molar-refractivity contribution in [3.63, 3.8) is 0 Å². The van der Waals surface area contributed by atoms with Crippen LogP contribution in [0.4, 0.5) is 0 Å². The van der Waals surface area contributed by atoms with Crippen LogP contribution in [-0.4, -0.2) is 62.7 Å². The lowest BCUT2D eigenvalue weighted by Gasteiger charge is -2.32. The van der Waals surface area contributed by atoms with E-state index in [9.17, 15) is 9.59 Å². The minimum atomic E-state index is -0.197. The summed E-state index contributed by atoms with van der Waals surface area (Å²) in [6, 6.07) is 5.15. The number of rotatable bonds is 9. The predicted molar refractivity (Wildman–Crippen MR) is 116 cm³/mol. The lowest BCUT2D eigenvalue weighted by molar-refractivity contribution is -0.123. The van der Waals surface area contributed by atoms with E-state index < -0.39 is 0 Å². The van der Waals surface area contributed by atoms with Gasteiger partial charge in [0.1, 0.15) is 0 Å². The third kappa shape index (κ3) is 7.74. The summed E-state index contributed by atoms with van der Waals surface area (Å²) in [4.78, 5) is 26.5. The van der Waals surface area contributed by atoms with Crippen molar-refractivity contribution >= 4 is 24.2 Å². The van der Waals surface area contributed by atoms with Crippen LogP contribution in [0.15, 0.2) is 18.2 Å². The number of ether oxygens (including phenoxy) is 2. The van der Waals surface area contributed by atoms with E-state index in [1.165, 1.54) is 7.11 Å². The fraction of sp³-hybridized carbons (Fsp3) is 0.619. The quantitative estimate of drug-likeness (QED) is 0.632. The van der Waals surface area contributed by atoms with Crippen molar-refractivity contribution in [3.8, 4) is 11.5 Å². The summed E-state index contributed by atoms with van der Waals surface area (Å²) < 4.78 is 10.9. The monoisotopic (exact) mass is 427 g/mol. The van der Waals surface area contributed by atoms with Gasteiger partial charge in [-0.05, 0) is 63.9 Å². The molecule has 8 heteroatoms. The zero-order chi connectivity index (χ0) is 20.5. The molecule has 0 aromatic heterocycles. The van der Waals surface area contributed by atoms with E-state index in [-0.39, 0.29) is 36.9 Å². The molecule has 0 spiro atoms. The highest BCUT2D eigenvalue weighted by atomic mass is 35.5. The van der Waals surface area contributed by atoms with Crippen LogP contribution >= 0.6 is 12.4 Å². The number of nitrogens with one attached hydrogen (secondary N) is 2. The molecular formula is C21H34ClN3O4. The fourth-order valence-electron chi connectivity index (χ4n) is 3.30. The molecule has 1 aliphatic heterocycles. The SMILES string of the molecule is CCNCC1CCN(C(=O)c2ccc(OCC(=O)NC(C)C)c(OC)c2)CC1.Cl. The lowest BCUT2D eigenvalue weighted by Crippen LogP contribution is -2.40. The zero-order valence-electron chi connectivity index (χ0n) is 17.8. The van der Waals surface area contributed by atoms with Gasteiger partial charge in [0.25, 0.3) is 11.8 Å². The highest BCUT2D eigenvalue weighted by Crippen LogP contribution is 2.29. The first-order valence-electron chi connectivity index (χ1n) is 10.0. The molecule has 7 nitrogen and oxygen atoms in total. The first kappa shape index (κ1) is 25.0. The smallest absolute Gasteiger partial charge is 0.258 e. The Morgan fingerprint density at radius 3 is 2.48 bits per heavy atom. The van der Waals surface area contributed by atoms with E-state index in [0.29, 0.717) is 23.0 Å². The Kier molecular flexibility index (Phi) is 10.8. The maximum atomic E-state index is 12.8. The van der Waals surface area contributed by atoms with Crippen molar-refractivity contribution in [3.05, 3.63) is 23.8 Å². The van der Waals surface area contributed by atoms with Gasteiger partial charge in [-0.2, -0.15) is 0 Å². The van der Waals surface area contributed by atoms with Gasteiger partial charge in [0.2, 0.25) is 0 Å². The van der Waals surface area contributed by atoms with Gasteiger partial charge in [0.05, 0.1) is 7.11 Å². The normalized spacial score (nSPS) is 14.3. The van der Waals surface area contributed by atoms with E-state index in [2.05, 4.69) is 17.6 Å². The van der Waals surface area contributed by atoms with Crippen molar-refractivity contribution in [2.75, 3.05) is 39.9 Å². The summed E-state index contributed by atoms with van der Waals surface area (Å²) in [5.74, 6) is 1.33. The van der Waals surface area contributed by atoms with E-state index in [0.717, 1.165) is 39.0 Å². The molecule has 1 fully saturated rings. The molecule has 164 valence electrons. The second kappa shape index (κ2) is 12.5. The Hall–Kier alpha value is -1.99. The molecule has 1 saturated heterocycles. The third-order valence-corrected chi connectivity index (χ3v) is 4.80. The number of methoxy groups -OCH3 is 1. The van der Waals surface area contributed by atoms with Gasteiger partial charge < -0.3 is 25.0 Å². The third-order valence-electron chi connectivity index (χ3n) is 4.80. The molecule has 2 N–H and O–H groups in total. The number of halogens is 1. The van der Waals surface area contributed by atoms with Gasteiger partial charge in [0, 0.05) is 24.7 Å². The van der Waals surface area contributed by atoms with Crippen molar-refractivity contribution in [1.82, 2.24) is 15.5 Å². The number of carbonyl (C=O) groups excluding carboxylic acids is 2.